The predicted molar refractivity (Wildman–Crippen MR) is 109 cm³/mol. The van der Waals surface area contributed by atoms with Gasteiger partial charge in [0.05, 0.1) is 11.7 Å². The fraction of sp³-hybridized carbons (Fsp3) is 0.727. The molecule has 8 heteroatoms. The summed E-state index contributed by atoms with van der Waals surface area (Å²) in [5.74, 6) is 0. The Balaban J connectivity index is 1.66. The molecule has 0 bridgehead atoms. The van der Waals surface area contributed by atoms with Crippen molar-refractivity contribution in [3.05, 3.63) is 27.2 Å². The van der Waals surface area contributed by atoms with E-state index in [2.05, 4.69) is 15.0 Å². The Hall–Kier alpha value is -1.83. The van der Waals surface area contributed by atoms with E-state index in [0.29, 0.717) is 12.5 Å². The zero-order valence-corrected chi connectivity index (χ0v) is 17.2. The molecule has 1 N–H and O–H groups in total. The summed E-state index contributed by atoms with van der Waals surface area (Å²) in [6.07, 6.45) is 6.96. The van der Waals surface area contributed by atoms with E-state index < -0.39 is 12.7 Å². The van der Waals surface area contributed by atoms with Gasteiger partial charge in [0, 0.05) is 17.0 Å². The summed E-state index contributed by atoms with van der Waals surface area (Å²) in [4.78, 5) is 17.9. The minimum Gasteiger partial charge on any atom is -0.307 e. The molecule has 0 radical (unpaired) electrons. The minimum atomic E-state index is -4.39. The average molecular weight is 422 g/mol. The first-order valence-corrected chi connectivity index (χ1v) is 11.4. The molecule has 1 atom stereocenters. The fourth-order valence-corrected chi connectivity index (χ4v) is 5.97. The van der Waals surface area contributed by atoms with E-state index in [1.165, 1.54) is 19.3 Å². The smallest absolute Gasteiger partial charge is 0.307 e. The van der Waals surface area contributed by atoms with Gasteiger partial charge in [-0.2, -0.15) is 18.3 Å². The number of pyridine rings is 1. The van der Waals surface area contributed by atoms with Gasteiger partial charge in [-0.05, 0) is 63.5 Å². The quantitative estimate of drug-likeness (QED) is 0.784. The Morgan fingerprint density at radius 1 is 0.967 bits per heavy atom. The van der Waals surface area contributed by atoms with Crippen molar-refractivity contribution >= 4 is 11.0 Å². The lowest BCUT2D eigenvalue weighted by Gasteiger charge is -2.35. The maximum atomic E-state index is 13.3. The molecule has 0 spiro atoms. The Morgan fingerprint density at radius 2 is 1.70 bits per heavy atom. The van der Waals surface area contributed by atoms with Crippen LogP contribution in [0.2, 0.25) is 0 Å². The predicted octanol–water partition coefficient (Wildman–Crippen LogP) is 4.64. The number of alkyl halides is 3. The Bertz CT molecular complexity index is 987. The molecule has 0 amide bonds. The summed E-state index contributed by atoms with van der Waals surface area (Å²) in [5.41, 5.74) is 2.46. The fourth-order valence-electron chi connectivity index (χ4n) is 5.97. The molecule has 1 saturated carbocycles. The van der Waals surface area contributed by atoms with Gasteiger partial charge >= 0.3 is 6.18 Å². The van der Waals surface area contributed by atoms with Crippen molar-refractivity contribution in [2.24, 2.45) is 0 Å². The molecule has 1 saturated heterocycles. The first-order chi connectivity index (χ1) is 14.4. The highest BCUT2D eigenvalue weighted by molar-refractivity contribution is 5.84. The van der Waals surface area contributed by atoms with Crippen LogP contribution in [-0.2, 0) is 19.4 Å². The lowest BCUT2D eigenvalue weighted by molar-refractivity contribution is -0.142. The van der Waals surface area contributed by atoms with Gasteiger partial charge in [-0.25, -0.2) is 4.68 Å². The van der Waals surface area contributed by atoms with Crippen LogP contribution in [0.25, 0.3) is 11.0 Å². The molecule has 0 aromatic carbocycles. The van der Waals surface area contributed by atoms with Crippen LogP contribution in [0.15, 0.2) is 4.79 Å². The van der Waals surface area contributed by atoms with E-state index in [1.54, 1.807) is 0 Å². The van der Waals surface area contributed by atoms with Crippen LogP contribution in [-0.4, -0.2) is 38.4 Å². The van der Waals surface area contributed by atoms with Gasteiger partial charge < -0.3 is 4.98 Å². The summed E-state index contributed by atoms with van der Waals surface area (Å²) < 4.78 is 40.9. The number of halogens is 3. The minimum absolute atomic E-state index is 0.0435. The van der Waals surface area contributed by atoms with Crippen molar-refractivity contribution in [1.29, 1.82) is 0 Å². The van der Waals surface area contributed by atoms with Crippen LogP contribution in [0, 0.1) is 0 Å². The molecule has 30 heavy (non-hydrogen) atoms. The standard InChI is InChI=1S/C22H29F3N4O/c23-22(24,25)13-29-20-18(15-9-4-5-10-16(15)21(30)26-20)19(27-29)17-11-6-12-28(17)14-7-2-1-3-8-14/h14,17H,1-13H2,(H,26,30)/t17-/m1/s1. The number of rotatable bonds is 3. The number of aromatic nitrogens is 3. The molecule has 5 rings (SSSR count). The maximum Gasteiger partial charge on any atom is 0.408 e. The third-order valence-electron chi connectivity index (χ3n) is 7.24. The molecule has 2 aromatic heterocycles. The number of nitrogens with one attached hydrogen (secondary N) is 1. The van der Waals surface area contributed by atoms with E-state index in [9.17, 15) is 18.0 Å². The lowest BCUT2D eigenvalue weighted by atomic mass is 9.89. The van der Waals surface area contributed by atoms with Crippen molar-refractivity contribution in [2.75, 3.05) is 6.54 Å². The van der Waals surface area contributed by atoms with Crippen LogP contribution in [0.3, 0.4) is 0 Å². The van der Waals surface area contributed by atoms with Gasteiger partial charge in [0.2, 0.25) is 0 Å². The summed E-state index contributed by atoms with van der Waals surface area (Å²) in [6, 6.07) is 0.537. The van der Waals surface area contributed by atoms with Crippen LogP contribution < -0.4 is 5.56 Å². The normalized spacial score (nSPS) is 23.9. The number of hydrogen-bond acceptors (Lipinski definition) is 3. The van der Waals surface area contributed by atoms with Crippen LogP contribution in [0.5, 0.6) is 0 Å². The Labute approximate surface area is 173 Å². The maximum absolute atomic E-state index is 13.3. The zero-order chi connectivity index (χ0) is 20.9. The highest BCUT2D eigenvalue weighted by Gasteiger charge is 2.38. The second kappa shape index (κ2) is 7.70. The monoisotopic (exact) mass is 422 g/mol. The van der Waals surface area contributed by atoms with Gasteiger partial charge in [-0.3, -0.25) is 9.69 Å². The number of hydrogen-bond donors (Lipinski definition) is 1. The molecule has 2 fully saturated rings. The van der Waals surface area contributed by atoms with Crippen LogP contribution in [0.4, 0.5) is 13.2 Å². The van der Waals surface area contributed by atoms with Gasteiger partial charge in [0.1, 0.15) is 12.2 Å². The number of aryl methyl sites for hydroxylation is 1. The number of H-pyrrole nitrogens is 1. The second-order valence-electron chi connectivity index (χ2n) is 9.19. The second-order valence-corrected chi connectivity index (χ2v) is 9.19. The van der Waals surface area contributed by atoms with E-state index in [-0.39, 0.29) is 17.2 Å². The third-order valence-corrected chi connectivity index (χ3v) is 7.24. The molecule has 5 nitrogen and oxygen atoms in total. The SMILES string of the molecule is O=c1[nH]c2c(c([C@H]3CCCN3C3CCCCC3)nn2CC(F)(F)F)c2c1CCCC2. The summed E-state index contributed by atoms with van der Waals surface area (Å²) in [6.45, 7) is -0.192. The first-order valence-electron chi connectivity index (χ1n) is 11.4. The lowest BCUT2D eigenvalue weighted by Crippen LogP contribution is -2.36. The van der Waals surface area contributed by atoms with Crippen molar-refractivity contribution < 1.29 is 13.2 Å². The zero-order valence-electron chi connectivity index (χ0n) is 17.2. The van der Waals surface area contributed by atoms with Crippen molar-refractivity contribution in [3.63, 3.8) is 0 Å². The molecule has 2 aliphatic carbocycles. The average Bonchev–Trinajstić information content (AvgIpc) is 3.33. The topological polar surface area (TPSA) is 53.9 Å². The van der Waals surface area contributed by atoms with Gasteiger partial charge in [0.25, 0.3) is 5.56 Å². The molecule has 2 aromatic rings. The molecule has 3 aliphatic rings. The van der Waals surface area contributed by atoms with Crippen molar-refractivity contribution in [2.45, 2.75) is 95.4 Å². The van der Waals surface area contributed by atoms with E-state index in [4.69, 9.17) is 0 Å². The largest absolute Gasteiger partial charge is 0.408 e. The number of nitrogens with zero attached hydrogens (tertiary/aromatic N) is 3. The first kappa shape index (κ1) is 20.1. The van der Waals surface area contributed by atoms with Crippen molar-refractivity contribution in [1.82, 2.24) is 19.7 Å². The molecule has 3 heterocycles. The Kier molecular flexibility index (Phi) is 5.16. The van der Waals surface area contributed by atoms with Crippen LogP contribution >= 0.6 is 0 Å². The van der Waals surface area contributed by atoms with Crippen LogP contribution in [0.1, 0.15) is 80.7 Å². The highest BCUT2D eigenvalue weighted by Crippen LogP contribution is 2.41. The number of likely N-dealkylation sites (tertiary alicyclic amines) is 1. The third kappa shape index (κ3) is 3.57. The molecule has 0 unspecified atom stereocenters. The molecular formula is C22H29F3N4O. The van der Waals surface area contributed by atoms with Crippen molar-refractivity contribution in [3.8, 4) is 0 Å². The summed E-state index contributed by atoms with van der Waals surface area (Å²) >= 11 is 0. The number of aromatic amines is 1. The van der Waals surface area contributed by atoms with Gasteiger partial charge in [-0.1, -0.05) is 19.3 Å². The number of fused-ring (bicyclic) bond motifs is 3. The summed E-state index contributed by atoms with van der Waals surface area (Å²) in [5, 5.41) is 5.33. The molecular weight excluding hydrogens is 393 g/mol. The van der Waals surface area contributed by atoms with E-state index >= 15 is 0 Å². The van der Waals surface area contributed by atoms with E-state index in [0.717, 1.165) is 78.4 Å². The molecule has 1 aliphatic heterocycles. The van der Waals surface area contributed by atoms with Gasteiger partial charge in [-0.15, -0.1) is 0 Å². The Morgan fingerprint density at radius 3 is 2.43 bits per heavy atom. The summed E-state index contributed by atoms with van der Waals surface area (Å²) in [7, 11) is 0. The van der Waals surface area contributed by atoms with Gasteiger partial charge in [0.15, 0.2) is 0 Å². The molecule has 164 valence electrons. The highest BCUT2D eigenvalue weighted by atomic mass is 19.4. The van der Waals surface area contributed by atoms with E-state index in [1.807, 2.05) is 0 Å².